The SMILES string of the molecule is COc1ccc2cc(C(=O)NC3CCC(n4ncccc4=O)CC3)[nH]c2c1. The van der Waals surface area contributed by atoms with Crippen molar-refractivity contribution in [1.82, 2.24) is 20.1 Å². The quantitative estimate of drug-likeness (QED) is 0.743. The molecule has 3 aromatic rings. The van der Waals surface area contributed by atoms with Crippen LogP contribution in [0, 0.1) is 0 Å². The molecule has 7 nitrogen and oxygen atoms in total. The van der Waals surface area contributed by atoms with Crippen molar-refractivity contribution in [3.8, 4) is 5.75 Å². The van der Waals surface area contributed by atoms with Crippen LogP contribution in [0.4, 0.5) is 0 Å². The molecular weight excluding hydrogens is 344 g/mol. The molecule has 0 spiro atoms. The molecule has 0 bridgehead atoms. The van der Waals surface area contributed by atoms with E-state index in [9.17, 15) is 9.59 Å². The third-order valence-electron chi connectivity index (χ3n) is 5.19. The van der Waals surface area contributed by atoms with Crippen LogP contribution in [-0.4, -0.2) is 33.8 Å². The molecule has 0 atom stereocenters. The Kier molecular flexibility index (Phi) is 4.66. The third kappa shape index (κ3) is 3.58. The summed E-state index contributed by atoms with van der Waals surface area (Å²) in [5.74, 6) is 0.642. The van der Waals surface area contributed by atoms with E-state index in [0.29, 0.717) is 5.69 Å². The van der Waals surface area contributed by atoms with Crippen LogP contribution in [0.3, 0.4) is 0 Å². The number of benzene rings is 1. The minimum absolute atomic E-state index is 0.0708. The fraction of sp³-hybridized carbons (Fsp3) is 0.350. The van der Waals surface area contributed by atoms with E-state index in [1.165, 1.54) is 6.07 Å². The zero-order valence-corrected chi connectivity index (χ0v) is 15.1. The average Bonchev–Trinajstić information content (AvgIpc) is 3.12. The van der Waals surface area contributed by atoms with E-state index in [-0.39, 0.29) is 23.6 Å². The highest BCUT2D eigenvalue weighted by Gasteiger charge is 2.25. The summed E-state index contributed by atoms with van der Waals surface area (Å²) >= 11 is 0. The average molecular weight is 366 g/mol. The van der Waals surface area contributed by atoms with Gasteiger partial charge >= 0.3 is 0 Å². The van der Waals surface area contributed by atoms with Crippen molar-refractivity contribution in [2.24, 2.45) is 0 Å². The number of aromatic nitrogens is 3. The first kappa shape index (κ1) is 17.3. The molecule has 1 aliphatic carbocycles. The summed E-state index contributed by atoms with van der Waals surface area (Å²) in [4.78, 5) is 27.7. The molecule has 2 N–H and O–H groups in total. The number of methoxy groups -OCH3 is 1. The number of hydrogen-bond acceptors (Lipinski definition) is 4. The molecule has 27 heavy (non-hydrogen) atoms. The monoisotopic (exact) mass is 366 g/mol. The van der Waals surface area contributed by atoms with Gasteiger partial charge in [-0.15, -0.1) is 0 Å². The molecule has 0 saturated heterocycles. The lowest BCUT2D eigenvalue weighted by Gasteiger charge is -2.29. The van der Waals surface area contributed by atoms with Crippen LogP contribution in [-0.2, 0) is 0 Å². The summed E-state index contributed by atoms with van der Waals surface area (Å²) in [6.07, 6.45) is 4.94. The molecule has 2 heterocycles. The van der Waals surface area contributed by atoms with Crippen LogP contribution < -0.4 is 15.6 Å². The van der Waals surface area contributed by atoms with Crippen molar-refractivity contribution in [2.45, 2.75) is 37.8 Å². The van der Waals surface area contributed by atoms with Gasteiger partial charge in [-0.25, -0.2) is 4.68 Å². The molecule has 1 amide bonds. The summed E-state index contributed by atoms with van der Waals surface area (Å²) in [5.41, 5.74) is 1.34. The molecule has 1 aliphatic rings. The number of carbonyl (C=O) groups excluding carboxylic acids is 1. The first-order valence-corrected chi connectivity index (χ1v) is 9.15. The minimum Gasteiger partial charge on any atom is -0.497 e. The zero-order chi connectivity index (χ0) is 18.8. The topological polar surface area (TPSA) is 89.0 Å². The van der Waals surface area contributed by atoms with Gasteiger partial charge in [0.15, 0.2) is 0 Å². The molecule has 2 aromatic heterocycles. The van der Waals surface area contributed by atoms with Gasteiger partial charge in [0.1, 0.15) is 11.4 Å². The van der Waals surface area contributed by atoms with Crippen molar-refractivity contribution in [3.63, 3.8) is 0 Å². The standard InChI is InChI=1S/C20H22N4O3/c1-27-16-9-4-13-11-18(23-17(13)12-16)20(26)22-14-5-7-15(8-6-14)24-19(25)3-2-10-21-24/h2-4,9-12,14-15,23H,5-8H2,1H3,(H,22,26). The lowest BCUT2D eigenvalue weighted by molar-refractivity contribution is 0.0917. The number of H-pyrrole nitrogens is 1. The summed E-state index contributed by atoms with van der Waals surface area (Å²) in [7, 11) is 1.62. The van der Waals surface area contributed by atoms with Crippen LogP contribution in [0.2, 0.25) is 0 Å². The van der Waals surface area contributed by atoms with Crippen LogP contribution in [0.25, 0.3) is 10.9 Å². The van der Waals surface area contributed by atoms with Crippen LogP contribution in [0.1, 0.15) is 42.2 Å². The van der Waals surface area contributed by atoms with Gasteiger partial charge in [0.05, 0.1) is 13.2 Å². The highest BCUT2D eigenvalue weighted by Crippen LogP contribution is 2.27. The number of fused-ring (bicyclic) bond motifs is 1. The zero-order valence-electron chi connectivity index (χ0n) is 15.1. The Hall–Kier alpha value is -3.09. The van der Waals surface area contributed by atoms with Gasteiger partial charge in [0.25, 0.3) is 11.5 Å². The second kappa shape index (κ2) is 7.26. The summed E-state index contributed by atoms with van der Waals surface area (Å²) < 4.78 is 6.78. The van der Waals surface area contributed by atoms with E-state index in [4.69, 9.17) is 4.74 Å². The molecule has 1 saturated carbocycles. The Morgan fingerprint density at radius 2 is 2.04 bits per heavy atom. The number of ether oxygens (including phenoxy) is 1. The molecule has 4 rings (SSSR count). The number of hydrogen-bond donors (Lipinski definition) is 2. The number of nitrogens with one attached hydrogen (secondary N) is 2. The largest absolute Gasteiger partial charge is 0.497 e. The Bertz CT molecular complexity index is 1020. The van der Waals surface area contributed by atoms with Crippen molar-refractivity contribution in [1.29, 1.82) is 0 Å². The van der Waals surface area contributed by atoms with Gasteiger partial charge in [-0.2, -0.15) is 5.10 Å². The first-order chi connectivity index (χ1) is 13.1. The summed E-state index contributed by atoms with van der Waals surface area (Å²) in [5, 5.41) is 8.25. The fourth-order valence-corrected chi connectivity index (χ4v) is 3.73. The Balaban J connectivity index is 1.39. The Morgan fingerprint density at radius 3 is 2.78 bits per heavy atom. The van der Waals surface area contributed by atoms with E-state index in [2.05, 4.69) is 15.4 Å². The molecule has 1 fully saturated rings. The second-order valence-corrected chi connectivity index (χ2v) is 6.92. The number of amides is 1. The normalized spacial score (nSPS) is 19.7. The minimum atomic E-state index is -0.108. The molecule has 0 aliphatic heterocycles. The fourth-order valence-electron chi connectivity index (χ4n) is 3.73. The van der Waals surface area contributed by atoms with Crippen LogP contribution in [0.15, 0.2) is 47.4 Å². The number of carbonyl (C=O) groups is 1. The first-order valence-electron chi connectivity index (χ1n) is 9.15. The van der Waals surface area contributed by atoms with Gasteiger partial charge < -0.3 is 15.0 Å². The lowest BCUT2D eigenvalue weighted by atomic mass is 9.91. The predicted molar refractivity (Wildman–Crippen MR) is 102 cm³/mol. The van der Waals surface area contributed by atoms with E-state index in [0.717, 1.165) is 42.3 Å². The van der Waals surface area contributed by atoms with E-state index in [1.807, 2.05) is 24.3 Å². The van der Waals surface area contributed by atoms with Crippen molar-refractivity contribution >= 4 is 16.8 Å². The number of rotatable bonds is 4. The second-order valence-electron chi connectivity index (χ2n) is 6.92. The Labute approximate surface area is 156 Å². The molecule has 0 radical (unpaired) electrons. The maximum absolute atomic E-state index is 12.6. The molecule has 7 heteroatoms. The maximum Gasteiger partial charge on any atom is 0.267 e. The maximum atomic E-state index is 12.6. The molecule has 1 aromatic carbocycles. The predicted octanol–water partition coefficient (Wildman–Crippen LogP) is 2.65. The highest BCUT2D eigenvalue weighted by molar-refractivity contribution is 5.98. The van der Waals surface area contributed by atoms with Crippen molar-refractivity contribution < 1.29 is 9.53 Å². The van der Waals surface area contributed by atoms with Gasteiger partial charge in [0, 0.05) is 35.3 Å². The smallest absolute Gasteiger partial charge is 0.267 e. The highest BCUT2D eigenvalue weighted by atomic mass is 16.5. The van der Waals surface area contributed by atoms with Crippen LogP contribution >= 0.6 is 0 Å². The van der Waals surface area contributed by atoms with Crippen molar-refractivity contribution in [3.05, 3.63) is 58.6 Å². The summed E-state index contributed by atoms with van der Waals surface area (Å²) in [6.45, 7) is 0. The van der Waals surface area contributed by atoms with E-state index >= 15 is 0 Å². The number of aromatic amines is 1. The molecule has 0 unspecified atom stereocenters. The van der Waals surface area contributed by atoms with Gasteiger partial charge in [-0.1, -0.05) is 0 Å². The van der Waals surface area contributed by atoms with Gasteiger partial charge in [-0.3, -0.25) is 9.59 Å². The van der Waals surface area contributed by atoms with E-state index in [1.54, 1.807) is 24.1 Å². The molecular formula is C20H22N4O3. The van der Waals surface area contributed by atoms with Gasteiger partial charge in [-0.05, 0) is 49.9 Å². The third-order valence-corrected chi connectivity index (χ3v) is 5.19. The van der Waals surface area contributed by atoms with Crippen molar-refractivity contribution in [2.75, 3.05) is 7.11 Å². The summed E-state index contributed by atoms with van der Waals surface area (Å²) in [6, 6.07) is 10.9. The molecule has 140 valence electrons. The van der Waals surface area contributed by atoms with Crippen LogP contribution in [0.5, 0.6) is 5.75 Å². The lowest BCUT2D eigenvalue weighted by Crippen LogP contribution is -2.39. The Morgan fingerprint density at radius 1 is 1.22 bits per heavy atom. The van der Waals surface area contributed by atoms with E-state index < -0.39 is 0 Å². The van der Waals surface area contributed by atoms with Gasteiger partial charge in [0.2, 0.25) is 0 Å². The number of nitrogens with zero attached hydrogens (tertiary/aromatic N) is 2.